The molecule has 2 atom stereocenters. The number of nitrogens with two attached hydrogens (primary N) is 1. The molecular formula is C12H24N2. The summed E-state index contributed by atoms with van der Waals surface area (Å²) in [6, 6.07) is 0.301. The maximum atomic E-state index is 5.79. The largest absolute Gasteiger partial charge is 0.324 e. The van der Waals surface area contributed by atoms with Crippen molar-refractivity contribution < 1.29 is 0 Å². The lowest BCUT2D eigenvalue weighted by Crippen LogP contribution is -2.28. The quantitative estimate of drug-likeness (QED) is 0.637. The Morgan fingerprint density at radius 3 is 2.57 bits per heavy atom. The first-order valence-electron chi connectivity index (χ1n) is 5.90. The van der Waals surface area contributed by atoms with E-state index in [0.717, 1.165) is 25.4 Å². The zero-order valence-electron chi connectivity index (χ0n) is 9.50. The second-order valence-electron chi connectivity index (χ2n) is 4.39. The van der Waals surface area contributed by atoms with Crippen LogP contribution in [0.15, 0.2) is 12.2 Å². The molecule has 14 heavy (non-hydrogen) atoms. The van der Waals surface area contributed by atoms with Crippen LogP contribution in [-0.2, 0) is 0 Å². The third-order valence-electron chi connectivity index (χ3n) is 3.20. The molecule has 0 aromatic carbocycles. The Kier molecular flexibility index (Phi) is 5.20. The minimum Gasteiger partial charge on any atom is -0.324 e. The van der Waals surface area contributed by atoms with Gasteiger partial charge in [-0.15, -0.1) is 0 Å². The van der Waals surface area contributed by atoms with Crippen LogP contribution in [-0.4, -0.2) is 19.1 Å². The number of hydrogen-bond donors (Lipinski definition) is 2. The summed E-state index contributed by atoms with van der Waals surface area (Å²) in [6.45, 7) is 6.79. The van der Waals surface area contributed by atoms with Crippen LogP contribution in [0.25, 0.3) is 0 Å². The molecule has 0 aliphatic heterocycles. The van der Waals surface area contributed by atoms with Gasteiger partial charge >= 0.3 is 0 Å². The van der Waals surface area contributed by atoms with Crippen LogP contribution in [0.2, 0.25) is 0 Å². The highest BCUT2D eigenvalue weighted by Gasteiger charge is 2.15. The molecule has 0 heterocycles. The van der Waals surface area contributed by atoms with Crippen molar-refractivity contribution in [3.63, 3.8) is 0 Å². The van der Waals surface area contributed by atoms with Crippen molar-refractivity contribution >= 4 is 0 Å². The lowest BCUT2D eigenvalue weighted by molar-refractivity contribution is 0.427. The van der Waals surface area contributed by atoms with E-state index in [1.54, 1.807) is 0 Å². The second-order valence-corrected chi connectivity index (χ2v) is 4.39. The Balaban J connectivity index is 2.06. The van der Waals surface area contributed by atoms with Crippen molar-refractivity contribution in [2.45, 2.75) is 39.2 Å². The molecular weight excluding hydrogens is 172 g/mol. The van der Waals surface area contributed by atoms with Gasteiger partial charge < -0.3 is 11.1 Å². The van der Waals surface area contributed by atoms with Gasteiger partial charge in [0.25, 0.3) is 0 Å². The fourth-order valence-electron chi connectivity index (χ4n) is 2.01. The maximum Gasteiger partial charge on any atom is 0.0229 e. The van der Waals surface area contributed by atoms with Gasteiger partial charge in [-0.1, -0.05) is 38.8 Å². The molecule has 3 N–H and O–H groups in total. The molecule has 0 saturated heterocycles. The Hall–Kier alpha value is -0.340. The molecule has 0 aromatic rings. The lowest BCUT2D eigenvalue weighted by Gasteiger charge is -2.15. The van der Waals surface area contributed by atoms with Gasteiger partial charge in [-0.05, 0) is 24.8 Å². The van der Waals surface area contributed by atoms with Crippen molar-refractivity contribution in [3.8, 4) is 0 Å². The van der Waals surface area contributed by atoms with Crippen molar-refractivity contribution in [1.29, 1.82) is 0 Å². The van der Waals surface area contributed by atoms with Gasteiger partial charge in [0.15, 0.2) is 0 Å². The van der Waals surface area contributed by atoms with Crippen LogP contribution >= 0.6 is 0 Å². The molecule has 0 amide bonds. The van der Waals surface area contributed by atoms with Gasteiger partial charge in [-0.2, -0.15) is 0 Å². The summed E-state index contributed by atoms with van der Waals surface area (Å²) in [5, 5.41) is 3.54. The highest BCUT2D eigenvalue weighted by atomic mass is 14.9. The van der Waals surface area contributed by atoms with E-state index in [2.05, 4.69) is 31.3 Å². The lowest BCUT2D eigenvalue weighted by atomic mass is 10.0. The first-order chi connectivity index (χ1) is 6.76. The third-order valence-corrected chi connectivity index (χ3v) is 3.20. The molecule has 1 rings (SSSR count). The molecule has 0 radical (unpaired) electrons. The standard InChI is InChI=1S/C12H24N2/c1-3-10(4-2)8-14-9-11-5-6-12(13)7-11/h5-6,10-12,14H,3-4,7-9,13H2,1-2H3. The van der Waals surface area contributed by atoms with Crippen molar-refractivity contribution in [3.05, 3.63) is 12.2 Å². The number of rotatable bonds is 6. The smallest absolute Gasteiger partial charge is 0.0229 e. The van der Waals surface area contributed by atoms with Gasteiger partial charge in [0.05, 0.1) is 0 Å². The summed E-state index contributed by atoms with van der Waals surface area (Å²) in [4.78, 5) is 0. The molecule has 0 saturated carbocycles. The minimum absolute atomic E-state index is 0.301. The zero-order valence-corrected chi connectivity index (χ0v) is 9.50. The highest BCUT2D eigenvalue weighted by molar-refractivity contribution is 5.05. The molecule has 0 fully saturated rings. The molecule has 1 aliphatic rings. The van der Waals surface area contributed by atoms with E-state index in [0.29, 0.717) is 12.0 Å². The fraction of sp³-hybridized carbons (Fsp3) is 0.833. The van der Waals surface area contributed by atoms with E-state index in [1.165, 1.54) is 12.8 Å². The molecule has 1 aliphatic carbocycles. The topological polar surface area (TPSA) is 38.0 Å². The molecule has 2 nitrogen and oxygen atoms in total. The van der Waals surface area contributed by atoms with E-state index in [9.17, 15) is 0 Å². The van der Waals surface area contributed by atoms with Crippen molar-refractivity contribution in [2.75, 3.05) is 13.1 Å². The fourth-order valence-corrected chi connectivity index (χ4v) is 2.01. The van der Waals surface area contributed by atoms with E-state index >= 15 is 0 Å². The van der Waals surface area contributed by atoms with Crippen LogP contribution in [0.1, 0.15) is 33.1 Å². The van der Waals surface area contributed by atoms with Crippen molar-refractivity contribution in [2.24, 2.45) is 17.6 Å². The first-order valence-corrected chi connectivity index (χ1v) is 5.90. The third kappa shape index (κ3) is 3.81. The van der Waals surface area contributed by atoms with Gasteiger partial charge in [0, 0.05) is 12.6 Å². The summed E-state index contributed by atoms with van der Waals surface area (Å²) in [7, 11) is 0. The summed E-state index contributed by atoms with van der Waals surface area (Å²) < 4.78 is 0. The number of hydrogen-bond acceptors (Lipinski definition) is 2. The minimum atomic E-state index is 0.301. The average Bonchev–Trinajstić information content (AvgIpc) is 2.59. The van der Waals surface area contributed by atoms with E-state index in [1.807, 2.05) is 0 Å². The summed E-state index contributed by atoms with van der Waals surface area (Å²) in [5.74, 6) is 1.51. The molecule has 0 bridgehead atoms. The van der Waals surface area contributed by atoms with Crippen LogP contribution < -0.4 is 11.1 Å². The SMILES string of the molecule is CCC(CC)CNCC1C=CC(N)C1. The average molecular weight is 196 g/mol. The Morgan fingerprint density at radius 2 is 2.07 bits per heavy atom. The summed E-state index contributed by atoms with van der Waals surface area (Å²) in [6.07, 6.45) is 8.07. The van der Waals surface area contributed by atoms with E-state index in [-0.39, 0.29) is 0 Å². The number of nitrogens with one attached hydrogen (secondary N) is 1. The van der Waals surface area contributed by atoms with Crippen LogP contribution in [0.3, 0.4) is 0 Å². The van der Waals surface area contributed by atoms with Gasteiger partial charge in [-0.3, -0.25) is 0 Å². The zero-order chi connectivity index (χ0) is 10.4. The van der Waals surface area contributed by atoms with Crippen molar-refractivity contribution in [1.82, 2.24) is 5.32 Å². The van der Waals surface area contributed by atoms with Crippen LogP contribution in [0.4, 0.5) is 0 Å². The Labute approximate surface area is 87.9 Å². The predicted molar refractivity (Wildman–Crippen MR) is 62.2 cm³/mol. The van der Waals surface area contributed by atoms with Crippen LogP contribution in [0.5, 0.6) is 0 Å². The van der Waals surface area contributed by atoms with Gasteiger partial charge in [-0.25, -0.2) is 0 Å². The highest BCUT2D eigenvalue weighted by Crippen LogP contribution is 2.15. The summed E-state index contributed by atoms with van der Waals surface area (Å²) >= 11 is 0. The Morgan fingerprint density at radius 1 is 1.36 bits per heavy atom. The molecule has 82 valence electrons. The van der Waals surface area contributed by atoms with E-state index < -0.39 is 0 Å². The second kappa shape index (κ2) is 6.20. The summed E-state index contributed by atoms with van der Waals surface area (Å²) in [5.41, 5.74) is 5.79. The monoisotopic (exact) mass is 196 g/mol. The maximum absolute atomic E-state index is 5.79. The normalized spacial score (nSPS) is 26.3. The van der Waals surface area contributed by atoms with Crippen LogP contribution in [0, 0.1) is 11.8 Å². The van der Waals surface area contributed by atoms with Gasteiger partial charge in [0.1, 0.15) is 0 Å². The molecule has 2 heteroatoms. The molecule has 0 aromatic heterocycles. The van der Waals surface area contributed by atoms with E-state index in [4.69, 9.17) is 5.73 Å². The Bertz CT molecular complexity index is 173. The first kappa shape index (κ1) is 11.7. The molecule has 2 unspecified atom stereocenters. The van der Waals surface area contributed by atoms with Gasteiger partial charge in [0.2, 0.25) is 0 Å². The predicted octanol–water partition coefficient (Wildman–Crippen LogP) is 1.92. The molecule has 0 spiro atoms.